The van der Waals surface area contributed by atoms with E-state index in [1.807, 2.05) is 0 Å². The van der Waals surface area contributed by atoms with Crippen LogP contribution in [0.4, 0.5) is 0 Å². The third-order valence-corrected chi connectivity index (χ3v) is 4.08. The van der Waals surface area contributed by atoms with E-state index in [-0.39, 0.29) is 5.54 Å². The summed E-state index contributed by atoms with van der Waals surface area (Å²) in [5.74, 6) is 1.21. The van der Waals surface area contributed by atoms with Gasteiger partial charge in [-0.15, -0.1) is 0 Å². The van der Waals surface area contributed by atoms with Crippen molar-refractivity contribution in [3.8, 4) is 0 Å². The number of likely N-dealkylation sites (N-methyl/N-ethyl adjacent to an activating group) is 1. The molecule has 0 bridgehead atoms. The molecule has 1 rings (SSSR count). The summed E-state index contributed by atoms with van der Waals surface area (Å²) in [6.07, 6.45) is 0. The number of piperazine rings is 1. The van der Waals surface area contributed by atoms with Crippen LogP contribution in [0.5, 0.6) is 0 Å². The maximum absolute atomic E-state index is 4.21. The van der Waals surface area contributed by atoms with Gasteiger partial charge >= 0.3 is 0 Å². The number of rotatable bonds is 2. The van der Waals surface area contributed by atoms with E-state index in [2.05, 4.69) is 65.4 Å². The molecule has 0 aliphatic carbocycles. The predicted molar refractivity (Wildman–Crippen MR) is 71.4 cm³/mol. The van der Waals surface area contributed by atoms with Gasteiger partial charge in [0, 0.05) is 17.3 Å². The summed E-state index contributed by atoms with van der Waals surface area (Å²) in [7, 11) is 2.23. The van der Waals surface area contributed by atoms with Gasteiger partial charge < -0.3 is 5.32 Å². The zero-order chi connectivity index (χ0) is 12.7. The highest BCUT2D eigenvalue weighted by Gasteiger charge is 2.44. The van der Waals surface area contributed by atoms with Gasteiger partial charge in [0.2, 0.25) is 0 Å². The van der Waals surface area contributed by atoms with Crippen molar-refractivity contribution >= 4 is 0 Å². The van der Waals surface area contributed by atoms with E-state index < -0.39 is 0 Å². The van der Waals surface area contributed by atoms with E-state index in [4.69, 9.17) is 0 Å². The highest BCUT2D eigenvalue weighted by Crippen LogP contribution is 2.34. The molecular weight excluding hydrogens is 196 g/mol. The Morgan fingerprint density at radius 2 is 1.69 bits per heavy atom. The Morgan fingerprint density at radius 3 is 2.06 bits per heavy atom. The Labute approximate surface area is 101 Å². The molecule has 0 aromatic carbocycles. The van der Waals surface area contributed by atoms with Crippen molar-refractivity contribution in [3.05, 3.63) is 12.3 Å². The van der Waals surface area contributed by atoms with Crippen molar-refractivity contribution in [2.24, 2.45) is 11.8 Å². The lowest BCUT2D eigenvalue weighted by Gasteiger charge is -2.54. The first-order chi connectivity index (χ1) is 7.19. The highest BCUT2D eigenvalue weighted by molar-refractivity contribution is 5.17. The predicted octanol–water partition coefficient (Wildman–Crippen LogP) is 2.86. The van der Waals surface area contributed by atoms with Crippen LogP contribution in [0, 0.1) is 11.8 Å². The summed E-state index contributed by atoms with van der Waals surface area (Å²) < 4.78 is 0. The molecule has 1 heterocycles. The number of nitrogens with zero attached hydrogens (tertiary/aromatic N) is 1. The smallest absolute Gasteiger partial charge is 0.0515 e. The minimum atomic E-state index is 0.171. The molecule has 0 spiro atoms. The Morgan fingerprint density at radius 1 is 1.19 bits per heavy atom. The molecule has 2 atom stereocenters. The lowest BCUT2D eigenvalue weighted by molar-refractivity contribution is 0.0149. The number of hydrogen-bond acceptors (Lipinski definition) is 2. The van der Waals surface area contributed by atoms with Gasteiger partial charge in [-0.1, -0.05) is 34.3 Å². The molecule has 1 fully saturated rings. The van der Waals surface area contributed by atoms with Crippen LogP contribution in [-0.4, -0.2) is 29.6 Å². The fourth-order valence-electron chi connectivity index (χ4n) is 3.11. The van der Waals surface area contributed by atoms with Gasteiger partial charge in [-0.25, -0.2) is 0 Å². The largest absolute Gasteiger partial charge is 0.383 e. The molecule has 16 heavy (non-hydrogen) atoms. The van der Waals surface area contributed by atoms with Crippen LogP contribution < -0.4 is 5.32 Å². The Balaban J connectivity index is 3.01. The van der Waals surface area contributed by atoms with Crippen LogP contribution in [0.3, 0.4) is 0 Å². The Hall–Kier alpha value is -0.500. The zero-order valence-electron chi connectivity index (χ0n) is 12.0. The van der Waals surface area contributed by atoms with Crippen LogP contribution in [0.2, 0.25) is 0 Å². The normalized spacial score (nSPS) is 30.9. The molecule has 0 saturated carbocycles. The number of nitrogens with one attached hydrogen (secondary N) is 1. The summed E-state index contributed by atoms with van der Waals surface area (Å²) in [5, 5.41) is 3.63. The highest BCUT2D eigenvalue weighted by atomic mass is 15.3. The van der Waals surface area contributed by atoms with Crippen LogP contribution in [0.25, 0.3) is 0 Å². The van der Waals surface area contributed by atoms with E-state index in [9.17, 15) is 0 Å². The van der Waals surface area contributed by atoms with Gasteiger partial charge in [-0.2, -0.15) is 0 Å². The minimum Gasteiger partial charge on any atom is -0.383 e. The van der Waals surface area contributed by atoms with Crippen molar-refractivity contribution in [1.82, 2.24) is 10.2 Å². The molecule has 1 aliphatic heterocycles. The van der Waals surface area contributed by atoms with Gasteiger partial charge in [0.15, 0.2) is 0 Å². The van der Waals surface area contributed by atoms with Gasteiger partial charge in [-0.3, -0.25) is 4.90 Å². The molecule has 1 N–H and O–H groups in total. The van der Waals surface area contributed by atoms with Gasteiger partial charge in [0.1, 0.15) is 0 Å². The van der Waals surface area contributed by atoms with Crippen LogP contribution in [-0.2, 0) is 0 Å². The van der Waals surface area contributed by atoms with Crippen molar-refractivity contribution in [3.63, 3.8) is 0 Å². The topological polar surface area (TPSA) is 15.3 Å². The van der Waals surface area contributed by atoms with Crippen molar-refractivity contribution < 1.29 is 0 Å². The van der Waals surface area contributed by atoms with Crippen LogP contribution in [0.1, 0.15) is 41.5 Å². The van der Waals surface area contributed by atoms with Gasteiger partial charge in [-0.05, 0) is 32.7 Å². The molecule has 0 aromatic rings. The molecule has 94 valence electrons. The minimum absolute atomic E-state index is 0.171. The first-order valence-electron chi connectivity index (χ1n) is 6.37. The molecule has 2 nitrogen and oxygen atoms in total. The zero-order valence-corrected chi connectivity index (χ0v) is 12.0. The van der Waals surface area contributed by atoms with E-state index in [0.717, 1.165) is 0 Å². The quantitative estimate of drug-likeness (QED) is 0.776. The van der Waals surface area contributed by atoms with Crippen molar-refractivity contribution in [2.75, 3.05) is 7.05 Å². The monoisotopic (exact) mass is 224 g/mol. The SMILES string of the molecule is C=C1NC(C(C)C)C(C)(C)N(C)C1C(C)C. The molecule has 2 heteroatoms. The lowest BCUT2D eigenvalue weighted by Crippen LogP contribution is -2.68. The molecular formula is C14H28N2. The van der Waals surface area contributed by atoms with E-state index in [0.29, 0.717) is 23.9 Å². The average molecular weight is 224 g/mol. The molecule has 1 aliphatic rings. The van der Waals surface area contributed by atoms with E-state index in [1.165, 1.54) is 5.70 Å². The van der Waals surface area contributed by atoms with E-state index in [1.54, 1.807) is 0 Å². The summed E-state index contributed by atoms with van der Waals surface area (Å²) in [4.78, 5) is 2.49. The third kappa shape index (κ3) is 2.13. The van der Waals surface area contributed by atoms with Crippen molar-refractivity contribution in [1.29, 1.82) is 0 Å². The second-order valence-electron chi connectivity index (χ2n) is 6.34. The summed E-state index contributed by atoms with van der Waals surface area (Å²) in [5.41, 5.74) is 1.35. The Kier molecular flexibility index (Phi) is 3.73. The fraction of sp³-hybridized carbons (Fsp3) is 0.857. The summed E-state index contributed by atoms with van der Waals surface area (Å²) >= 11 is 0. The molecule has 2 unspecified atom stereocenters. The standard InChI is InChI=1S/C14H28N2/c1-9(2)12-11(5)15-13(10(3)4)14(6,7)16(12)8/h9-10,12-13,15H,5H2,1-4,6-8H3. The first kappa shape index (κ1) is 13.6. The van der Waals surface area contributed by atoms with E-state index >= 15 is 0 Å². The molecule has 0 amide bonds. The summed E-state index contributed by atoms with van der Waals surface area (Å²) in [6.45, 7) is 17.9. The first-order valence-corrected chi connectivity index (χ1v) is 6.37. The van der Waals surface area contributed by atoms with Crippen LogP contribution >= 0.6 is 0 Å². The second-order valence-corrected chi connectivity index (χ2v) is 6.34. The fourth-order valence-corrected chi connectivity index (χ4v) is 3.11. The maximum atomic E-state index is 4.21. The van der Waals surface area contributed by atoms with Gasteiger partial charge in [0.25, 0.3) is 0 Å². The maximum Gasteiger partial charge on any atom is 0.0515 e. The van der Waals surface area contributed by atoms with Crippen LogP contribution in [0.15, 0.2) is 12.3 Å². The number of hydrogen-bond donors (Lipinski definition) is 1. The third-order valence-electron chi connectivity index (χ3n) is 4.08. The molecule has 0 radical (unpaired) electrons. The van der Waals surface area contributed by atoms with Gasteiger partial charge in [0.05, 0.1) is 6.04 Å². The molecule has 0 aromatic heterocycles. The van der Waals surface area contributed by atoms with Crippen molar-refractivity contribution in [2.45, 2.75) is 59.2 Å². The summed E-state index contributed by atoms with van der Waals surface area (Å²) in [6, 6.07) is 0.907. The average Bonchev–Trinajstić information content (AvgIpc) is 2.11. The molecule has 1 saturated heterocycles. The lowest BCUT2D eigenvalue weighted by atomic mass is 9.79. The Bertz CT molecular complexity index is 266. The second kappa shape index (κ2) is 4.40.